The number of carboxylic acid groups (broad SMARTS) is 2. The van der Waals surface area contributed by atoms with Gasteiger partial charge in [-0.25, -0.2) is 0 Å². The maximum absolute atomic E-state index is 11.5. The van der Waals surface area contributed by atoms with Gasteiger partial charge in [-0.15, -0.1) is 0 Å². The van der Waals surface area contributed by atoms with Gasteiger partial charge in [0.15, 0.2) is 0 Å². The van der Waals surface area contributed by atoms with E-state index in [1.165, 1.54) is 0 Å². The number of ether oxygens (including phenoxy) is 2. The molecule has 8 nitrogen and oxygen atoms in total. The molecule has 0 aliphatic rings. The molecule has 0 heterocycles. The highest BCUT2D eigenvalue weighted by Crippen LogP contribution is 2.10. The smallest absolute Gasteiger partial charge is 0.305 e. The van der Waals surface area contributed by atoms with Crippen molar-refractivity contribution in [2.45, 2.75) is 103 Å². The second kappa shape index (κ2) is 20.2. The Morgan fingerprint density at radius 2 is 0.733 bits per heavy atom. The summed E-state index contributed by atoms with van der Waals surface area (Å²) in [6.45, 7) is 0.860. The van der Waals surface area contributed by atoms with Gasteiger partial charge in [0.2, 0.25) is 0 Å². The van der Waals surface area contributed by atoms with Crippen LogP contribution in [0.15, 0.2) is 0 Å². The van der Waals surface area contributed by atoms with E-state index in [1.807, 2.05) is 0 Å². The Morgan fingerprint density at radius 3 is 1.07 bits per heavy atom. The first-order valence-electron chi connectivity index (χ1n) is 11.2. The Bertz CT molecular complexity index is 446. The van der Waals surface area contributed by atoms with Gasteiger partial charge in [0.25, 0.3) is 0 Å². The Labute approximate surface area is 179 Å². The molecule has 2 N–H and O–H groups in total. The van der Waals surface area contributed by atoms with Gasteiger partial charge in [-0.05, 0) is 38.5 Å². The zero-order valence-corrected chi connectivity index (χ0v) is 18.1. The summed E-state index contributed by atoms with van der Waals surface area (Å²) < 4.78 is 10.3. The number of esters is 2. The Balaban J connectivity index is 3.25. The van der Waals surface area contributed by atoms with Gasteiger partial charge >= 0.3 is 23.9 Å². The van der Waals surface area contributed by atoms with Crippen LogP contribution in [0.5, 0.6) is 0 Å². The number of carbonyl (C=O) groups excluding carboxylic acids is 2. The van der Waals surface area contributed by atoms with Crippen molar-refractivity contribution in [3.8, 4) is 0 Å². The zero-order valence-electron chi connectivity index (χ0n) is 18.1. The summed E-state index contributed by atoms with van der Waals surface area (Å²) in [4.78, 5) is 43.6. The van der Waals surface area contributed by atoms with E-state index in [2.05, 4.69) is 0 Å². The van der Waals surface area contributed by atoms with E-state index in [0.29, 0.717) is 38.9 Å². The Morgan fingerprint density at radius 1 is 0.433 bits per heavy atom. The van der Waals surface area contributed by atoms with Crippen molar-refractivity contribution < 1.29 is 38.9 Å². The van der Waals surface area contributed by atoms with Crippen LogP contribution in [0.4, 0.5) is 0 Å². The first kappa shape index (κ1) is 27.9. The summed E-state index contributed by atoms with van der Waals surface area (Å²) in [6, 6.07) is 0. The van der Waals surface area contributed by atoms with Crippen LogP contribution in [-0.2, 0) is 28.7 Å². The number of hydrogen-bond acceptors (Lipinski definition) is 6. The maximum atomic E-state index is 11.5. The topological polar surface area (TPSA) is 127 Å². The lowest BCUT2D eigenvalue weighted by atomic mass is 10.1. The molecule has 0 radical (unpaired) electrons. The van der Waals surface area contributed by atoms with Gasteiger partial charge < -0.3 is 19.7 Å². The van der Waals surface area contributed by atoms with Crippen LogP contribution in [0.3, 0.4) is 0 Å². The zero-order chi connectivity index (χ0) is 22.5. The van der Waals surface area contributed by atoms with Crippen LogP contribution in [-0.4, -0.2) is 47.3 Å². The van der Waals surface area contributed by atoms with Gasteiger partial charge in [-0.3, -0.25) is 19.2 Å². The molecule has 0 bridgehead atoms. The summed E-state index contributed by atoms with van der Waals surface area (Å²) in [5.41, 5.74) is 0. The lowest BCUT2D eigenvalue weighted by Gasteiger charge is -2.06. The van der Waals surface area contributed by atoms with E-state index in [-0.39, 0.29) is 37.6 Å². The van der Waals surface area contributed by atoms with Crippen LogP contribution < -0.4 is 0 Å². The average molecular weight is 431 g/mol. The molecule has 8 heteroatoms. The van der Waals surface area contributed by atoms with Crippen molar-refractivity contribution in [1.82, 2.24) is 0 Å². The molecule has 0 rings (SSSR count). The van der Waals surface area contributed by atoms with Crippen molar-refractivity contribution in [2.24, 2.45) is 0 Å². The standard InChI is InChI=1S/C22H38O8/c23-19(24)13-7-9-15-21(27)29-17-11-5-3-1-2-4-6-12-18-30-22(28)16-10-8-14-20(25)26/h1-18H2,(H,23,24)(H,25,26). The molecule has 0 fully saturated rings. The van der Waals surface area contributed by atoms with E-state index in [0.717, 1.165) is 51.4 Å². The van der Waals surface area contributed by atoms with Gasteiger partial charge in [0.05, 0.1) is 13.2 Å². The molecule has 0 amide bonds. The Kier molecular flexibility index (Phi) is 18.7. The summed E-state index contributed by atoms with van der Waals surface area (Å²) >= 11 is 0. The van der Waals surface area contributed by atoms with Crippen molar-refractivity contribution in [1.29, 1.82) is 0 Å². The van der Waals surface area contributed by atoms with Gasteiger partial charge in [-0.2, -0.15) is 0 Å². The number of carbonyl (C=O) groups is 4. The van der Waals surface area contributed by atoms with Crippen LogP contribution in [0.2, 0.25) is 0 Å². The van der Waals surface area contributed by atoms with E-state index in [1.54, 1.807) is 0 Å². The molecule has 0 aliphatic heterocycles. The Hall–Kier alpha value is -2.12. The highest BCUT2D eigenvalue weighted by Gasteiger charge is 2.05. The fraction of sp³-hybridized carbons (Fsp3) is 0.818. The van der Waals surface area contributed by atoms with Gasteiger partial charge in [0, 0.05) is 25.7 Å². The molecule has 0 saturated carbocycles. The van der Waals surface area contributed by atoms with Crippen LogP contribution >= 0.6 is 0 Å². The molecule has 0 atom stereocenters. The number of carboxylic acids is 2. The molecule has 0 aromatic rings. The molecular formula is C22H38O8. The SMILES string of the molecule is O=C(O)CCCCC(=O)OCCCCCCCCCCOC(=O)CCCCC(=O)O. The van der Waals surface area contributed by atoms with E-state index < -0.39 is 11.9 Å². The molecule has 0 saturated heterocycles. The molecular weight excluding hydrogens is 392 g/mol. The molecule has 0 spiro atoms. The van der Waals surface area contributed by atoms with Crippen LogP contribution in [0, 0.1) is 0 Å². The van der Waals surface area contributed by atoms with Crippen molar-refractivity contribution in [2.75, 3.05) is 13.2 Å². The fourth-order valence-electron chi connectivity index (χ4n) is 2.87. The largest absolute Gasteiger partial charge is 0.481 e. The molecule has 174 valence electrons. The molecule has 0 aromatic heterocycles. The normalized spacial score (nSPS) is 10.5. The summed E-state index contributed by atoms with van der Waals surface area (Å²) in [5.74, 6) is -2.18. The minimum absolute atomic E-state index is 0.0919. The van der Waals surface area contributed by atoms with E-state index >= 15 is 0 Å². The van der Waals surface area contributed by atoms with Crippen LogP contribution in [0.25, 0.3) is 0 Å². The van der Waals surface area contributed by atoms with Crippen molar-refractivity contribution >= 4 is 23.9 Å². The molecule has 0 aromatic carbocycles. The first-order valence-corrected chi connectivity index (χ1v) is 11.2. The third-order valence-electron chi connectivity index (χ3n) is 4.61. The summed E-state index contributed by atoms with van der Waals surface area (Å²) in [6.07, 6.45) is 11.1. The monoisotopic (exact) mass is 430 g/mol. The number of rotatable bonds is 21. The number of hydrogen-bond donors (Lipinski definition) is 2. The third-order valence-corrected chi connectivity index (χ3v) is 4.61. The lowest BCUT2D eigenvalue weighted by Crippen LogP contribution is -2.06. The highest BCUT2D eigenvalue weighted by atomic mass is 16.5. The summed E-state index contributed by atoms with van der Waals surface area (Å²) in [5, 5.41) is 17.0. The number of unbranched alkanes of at least 4 members (excludes halogenated alkanes) is 9. The highest BCUT2D eigenvalue weighted by molar-refractivity contribution is 5.70. The molecule has 0 unspecified atom stereocenters. The minimum Gasteiger partial charge on any atom is -0.481 e. The molecule has 0 aliphatic carbocycles. The lowest BCUT2D eigenvalue weighted by molar-refractivity contribution is -0.145. The minimum atomic E-state index is -0.839. The first-order chi connectivity index (χ1) is 14.4. The quantitative estimate of drug-likeness (QED) is 0.201. The van der Waals surface area contributed by atoms with Gasteiger partial charge in [-0.1, -0.05) is 38.5 Å². The second-order valence-corrected chi connectivity index (χ2v) is 7.47. The van der Waals surface area contributed by atoms with Gasteiger partial charge in [0.1, 0.15) is 0 Å². The van der Waals surface area contributed by atoms with Crippen molar-refractivity contribution in [3.05, 3.63) is 0 Å². The van der Waals surface area contributed by atoms with Crippen LogP contribution in [0.1, 0.15) is 103 Å². The average Bonchev–Trinajstić information content (AvgIpc) is 2.69. The predicted molar refractivity (Wildman–Crippen MR) is 111 cm³/mol. The predicted octanol–water partition coefficient (Wildman–Crippen LogP) is 4.48. The third kappa shape index (κ3) is 22.2. The molecule has 30 heavy (non-hydrogen) atoms. The maximum Gasteiger partial charge on any atom is 0.305 e. The van der Waals surface area contributed by atoms with Crippen molar-refractivity contribution in [3.63, 3.8) is 0 Å². The van der Waals surface area contributed by atoms with E-state index in [9.17, 15) is 19.2 Å². The fourth-order valence-corrected chi connectivity index (χ4v) is 2.87. The summed E-state index contributed by atoms with van der Waals surface area (Å²) in [7, 11) is 0. The van der Waals surface area contributed by atoms with E-state index in [4.69, 9.17) is 19.7 Å². The number of aliphatic carboxylic acids is 2. The second-order valence-electron chi connectivity index (χ2n) is 7.47.